The van der Waals surface area contributed by atoms with Crippen molar-refractivity contribution in [3.05, 3.63) is 36.2 Å². The van der Waals surface area contributed by atoms with Crippen molar-refractivity contribution in [3.63, 3.8) is 0 Å². The van der Waals surface area contributed by atoms with Gasteiger partial charge in [-0.05, 0) is 31.9 Å². The number of nitrogens with two attached hydrogens (primary N) is 1. The Morgan fingerprint density at radius 2 is 2.04 bits per heavy atom. The number of rotatable bonds is 7. The third-order valence-electron chi connectivity index (χ3n) is 3.47. The molecule has 7 nitrogen and oxygen atoms in total. The van der Waals surface area contributed by atoms with Crippen LogP contribution in [0.15, 0.2) is 30.3 Å². The summed E-state index contributed by atoms with van der Waals surface area (Å²) in [4.78, 5) is 24.5. The van der Waals surface area contributed by atoms with Crippen molar-refractivity contribution in [3.8, 4) is 0 Å². The van der Waals surface area contributed by atoms with E-state index in [0.29, 0.717) is 23.6 Å². The van der Waals surface area contributed by atoms with Crippen LogP contribution in [0.25, 0.3) is 0 Å². The number of carbonyl (C=O) groups excluding carboxylic acids is 1. The Morgan fingerprint density at radius 1 is 1.29 bits per heavy atom. The number of nitrogen functional groups attached to an aromatic ring is 1. The van der Waals surface area contributed by atoms with Crippen molar-refractivity contribution in [2.45, 2.75) is 31.1 Å². The largest absolute Gasteiger partial charge is 0.368 e. The molecule has 0 saturated heterocycles. The van der Waals surface area contributed by atoms with E-state index in [9.17, 15) is 4.79 Å². The van der Waals surface area contributed by atoms with Crippen molar-refractivity contribution in [2.75, 3.05) is 16.8 Å². The van der Waals surface area contributed by atoms with Gasteiger partial charge in [-0.1, -0.05) is 18.2 Å². The van der Waals surface area contributed by atoms with Crippen LogP contribution in [0.5, 0.6) is 0 Å². The summed E-state index contributed by atoms with van der Waals surface area (Å²) in [5.41, 5.74) is 6.66. The van der Waals surface area contributed by atoms with Crippen molar-refractivity contribution in [1.82, 2.24) is 20.3 Å². The van der Waals surface area contributed by atoms with Crippen LogP contribution in [0.3, 0.4) is 0 Å². The lowest BCUT2D eigenvalue weighted by Crippen LogP contribution is -2.27. The summed E-state index contributed by atoms with van der Waals surface area (Å²) in [6, 6.07) is 9.99. The van der Waals surface area contributed by atoms with Crippen molar-refractivity contribution in [1.29, 1.82) is 0 Å². The number of benzene rings is 1. The van der Waals surface area contributed by atoms with Gasteiger partial charge in [-0.3, -0.25) is 4.79 Å². The molecule has 1 aliphatic carbocycles. The number of hydrogen-bond acceptors (Lipinski definition) is 7. The van der Waals surface area contributed by atoms with E-state index in [1.54, 1.807) is 0 Å². The molecule has 1 unspecified atom stereocenters. The predicted molar refractivity (Wildman–Crippen MR) is 96.0 cm³/mol. The number of amides is 1. The number of aromatic nitrogens is 3. The van der Waals surface area contributed by atoms with Crippen LogP contribution in [0.1, 0.15) is 30.8 Å². The van der Waals surface area contributed by atoms with Gasteiger partial charge in [0.1, 0.15) is 5.82 Å². The lowest BCUT2D eigenvalue weighted by molar-refractivity contribution is -0.118. The Labute approximate surface area is 144 Å². The summed E-state index contributed by atoms with van der Waals surface area (Å²) in [5.74, 6) is 1.56. The molecular weight excluding hydrogens is 324 g/mol. The molecule has 4 N–H and O–H groups in total. The molecule has 1 aromatic heterocycles. The molecule has 1 heterocycles. The maximum Gasteiger partial charge on any atom is 0.232 e. The zero-order chi connectivity index (χ0) is 16.9. The normalized spacial score (nSPS) is 14.9. The maximum absolute atomic E-state index is 11.8. The molecule has 2 aromatic rings. The smallest absolute Gasteiger partial charge is 0.232 e. The van der Waals surface area contributed by atoms with Gasteiger partial charge in [0.15, 0.2) is 0 Å². The summed E-state index contributed by atoms with van der Waals surface area (Å²) in [7, 11) is 0. The highest BCUT2D eigenvalue weighted by Crippen LogP contribution is 2.27. The second-order valence-corrected chi connectivity index (χ2v) is 6.99. The van der Waals surface area contributed by atoms with Gasteiger partial charge in [0.25, 0.3) is 0 Å². The first-order valence-corrected chi connectivity index (χ1v) is 8.89. The van der Waals surface area contributed by atoms with E-state index in [2.05, 4.69) is 25.6 Å². The average Bonchev–Trinajstić information content (AvgIpc) is 3.37. The van der Waals surface area contributed by atoms with Gasteiger partial charge in [0.05, 0.1) is 11.0 Å². The molecule has 24 heavy (non-hydrogen) atoms. The highest BCUT2D eigenvalue weighted by atomic mass is 32.2. The monoisotopic (exact) mass is 344 g/mol. The third kappa shape index (κ3) is 4.82. The van der Waals surface area contributed by atoms with E-state index >= 15 is 0 Å². The van der Waals surface area contributed by atoms with Gasteiger partial charge in [0, 0.05) is 11.7 Å². The molecule has 8 heteroatoms. The fraction of sp³-hybridized carbons (Fsp3) is 0.375. The topological polar surface area (TPSA) is 106 Å². The second kappa shape index (κ2) is 7.48. The van der Waals surface area contributed by atoms with Gasteiger partial charge in [-0.25, -0.2) is 0 Å². The number of anilines is 3. The average molecular weight is 344 g/mol. The first-order valence-electron chi connectivity index (χ1n) is 7.84. The molecule has 126 valence electrons. The summed E-state index contributed by atoms with van der Waals surface area (Å²) in [6.45, 7) is 1.95. The molecule has 1 aliphatic rings. The number of nitrogens with zero attached hydrogens (tertiary/aromatic N) is 3. The Hall–Kier alpha value is -2.35. The lowest BCUT2D eigenvalue weighted by atomic mass is 10.3. The van der Waals surface area contributed by atoms with Gasteiger partial charge < -0.3 is 16.4 Å². The number of nitrogens with one attached hydrogen (secondary N) is 2. The van der Waals surface area contributed by atoms with Crippen LogP contribution in [-0.4, -0.2) is 32.7 Å². The van der Waals surface area contributed by atoms with E-state index in [1.807, 2.05) is 37.3 Å². The molecule has 1 atom stereocenters. The number of para-hydroxylation sites is 1. The van der Waals surface area contributed by atoms with Crippen molar-refractivity contribution in [2.24, 2.45) is 0 Å². The highest BCUT2D eigenvalue weighted by Gasteiger charge is 2.23. The van der Waals surface area contributed by atoms with E-state index in [4.69, 9.17) is 5.73 Å². The zero-order valence-corrected chi connectivity index (χ0v) is 14.2. The maximum atomic E-state index is 11.8. The van der Waals surface area contributed by atoms with E-state index in [-0.39, 0.29) is 17.1 Å². The SMILES string of the molecule is CC(SCC(=O)NC1CC1)c1nc(N)nc(Nc2ccccc2)n1. The second-order valence-electron chi connectivity index (χ2n) is 5.66. The summed E-state index contributed by atoms with van der Waals surface area (Å²) in [6.07, 6.45) is 2.18. The number of carbonyl (C=O) groups is 1. The number of hydrogen-bond donors (Lipinski definition) is 3. The van der Waals surface area contributed by atoms with Crippen LogP contribution in [0.2, 0.25) is 0 Å². The molecule has 1 saturated carbocycles. The molecule has 0 bridgehead atoms. The molecular formula is C16H20N6OS. The quantitative estimate of drug-likeness (QED) is 0.707. The minimum absolute atomic E-state index is 0.0546. The summed E-state index contributed by atoms with van der Waals surface area (Å²) < 4.78 is 0. The van der Waals surface area contributed by atoms with Crippen LogP contribution in [0, 0.1) is 0 Å². The Balaban J connectivity index is 1.62. The standard InChI is InChI=1S/C16H20N6OS/c1-10(24-9-13(23)18-12-7-8-12)14-20-15(17)22-16(21-14)19-11-5-3-2-4-6-11/h2-6,10,12H,7-9H2,1H3,(H,18,23)(H3,17,19,20,21,22). The van der Waals surface area contributed by atoms with Crippen molar-refractivity contribution >= 4 is 35.3 Å². The van der Waals surface area contributed by atoms with E-state index in [1.165, 1.54) is 11.8 Å². The lowest BCUT2D eigenvalue weighted by Gasteiger charge is -2.12. The van der Waals surface area contributed by atoms with Gasteiger partial charge in [-0.2, -0.15) is 15.0 Å². The zero-order valence-electron chi connectivity index (χ0n) is 13.4. The first kappa shape index (κ1) is 16.5. The molecule has 1 amide bonds. The van der Waals surface area contributed by atoms with Crippen LogP contribution >= 0.6 is 11.8 Å². The summed E-state index contributed by atoms with van der Waals surface area (Å²) in [5, 5.41) is 6.02. The first-order chi connectivity index (χ1) is 11.6. The fourth-order valence-electron chi connectivity index (χ4n) is 2.07. The fourth-order valence-corrected chi connectivity index (χ4v) is 2.81. The molecule has 1 fully saturated rings. The van der Waals surface area contributed by atoms with E-state index in [0.717, 1.165) is 18.5 Å². The van der Waals surface area contributed by atoms with Gasteiger partial charge >= 0.3 is 0 Å². The Kier molecular flexibility index (Phi) is 5.14. The third-order valence-corrected chi connectivity index (χ3v) is 4.61. The van der Waals surface area contributed by atoms with Gasteiger partial charge in [-0.15, -0.1) is 11.8 Å². The van der Waals surface area contributed by atoms with Crippen molar-refractivity contribution < 1.29 is 4.79 Å². The predicted octanol–water partition coefficient (Wildman–Crippen LogP) is 2.27. The van der Waals surface area contributed by atoms with Crippen LogP contribution < -0.4 is 16.4 Å². The molecule has 0 radical (unpaired) electrons. The highest BCUT2D eigenvalue weighted by molar-refractivity contribution is 8.00. The molecule has 0 aliphatic heterocycles. The van der Waals surface area contributed by atoms with Gasteiger partial charge in [0.2, 0.25) is 17.8 Å². The molecule has 3 rings (SSSR count). The Bertz CT molecular complexity index is 707. The molecule has 1 aromatic carbocycles. The Morgan fingerprint density at radius 3 is 2.75 bits per heavy atom. The van der Waals surface area contributed by atoms with Crippen LogP contribution in [-0.2, 0) is 4.79 Å². The molecule has 0 spiro atoms. The minimum atomic E-state index is -0.0587. The van der Waals surface area contributed by atoms with Crippen LogP contribution in [0.4, 0.5) is 17.6 Å². The minimum Gasteiger partial charge on any atom is -0.368 e. The number of thioether (sulfide) groups is 1. The summed E-state index contributed by atoms with van der Waals surface area (Å²) >= 11 is 1.48. The van der Waals surface area contributed by atoms with E-state index < -0.39 is 0 Å².